The zero-order valence-corrected chi connectivity index (χ0v) is 9.15. The normalized spacial score (nSPS) is 10.1. The molecule has 2 aromatic rings. The summed E-state index contributed by atoms with van der Waals surface area (Å²) in [4.78, 5) is 17.7. The van der Waals surface area contributed by atoms with Crippen molar-refractivity contribution >= 4 is 0 Å². The smallest absolute Gasteiger partial charge is 0.311 e. The number of hydrogen-bond acceptors (Lipinski definition) is 3. The van der Waals surface area contributed by atoms with Gasteiger partial charge >= 0.3 is 5.56 Å². The molecule has 0 amide bonds. The lowest BCUT2D eigenvalue weighted by Gasteiger charge is -2.05. The molecule has 0 fully saturated rings. The first-order valence-corrected chi connectivity index (χ1v) is 4.95. The Balaban J connectivity index is 2.34. The van der Waals surface area contributed by atoms with Crippen LogP contribution < -0.4 is 10.3 Å². The van der Waals surface area contributed by atoms with Crippen molar-refractivity contribution in [2.24, 2.45) is 0 Å². The molecule has 82 valence electrons. The van der Waals surface area contributed by atoms with Crippen molar-refractivity contribution in [2.45, 2.75) is 13.8 Å². The fourth-order valence-electron chi connectivity index (χ4n) is 1.51. The number of H-pyrrole nitrogens is 1. The van der Waals surface area contributed by atoms with Crippen molar-refractivity contribution in [1.29, 1.82) is 0 Å². The second kappa shape index (κ2) is 4.18. The molecule has 16 heavy (non-hydrogen) atoms. The molecule has 0 saturated carbocycles. The van der Waals surface area contributed by atoms with Crippen LogP contribution in [0.4, 0.5) is 0 Å². The molecule has 1 aromatic heterocycles. The fraction of sp³-hybridized carbons (Fsp3) is 0.167. The molecule has 4 nitrogen and oxygen atoms in total. The number of rotatable bonds is 2. The second-order valence-electron chi connectivity index (χ2n) is 3.65. The maximum absolute atomic E-state index is 11.4. The van der Waals surface area contributed by atoms with Crippen molar-refractivity contribution in [3.8, 4) is 11.6 Å². The third kappa shape index (κ3) is 2.28. The van der Waals surface area contributed by atoms with E-state index < -0.39 is 0 Å². The largest absolute Gasteiger partial charge is 0.435 e. The van der Waals surface area contributed by atoms with E-state index in [1.54, 1.807) is 0 Å². The molecule has 0 bridgehead atoms. The van der Waals surface area contributed by atoms with Crippen LogP contribution in [0.5, 0.6) is 11.6 Å². The Morgan fingerprint density at radius 3 is 2.50 bits per heavy atom. The van der Waals surface area contributed by atoms with Crippen LogP contribution in [0.2, 0.25) is 0 Å². The van der Waals surface area contributed by atoms with E-state index in [0.717, 1.165) is 11.1 Å². The van der Waals surface area contributed by atoms with Gasteiger partial charge in [-0.3, -0.25) is 4.79 Å². The number of nitrogens with one attached hydrogen (secondary N) is 1. The highest BCUT2D eigenvalue weighted by Crippen LogP contribution is 2.19. The number of nitrogens with zero attached hydrogens (tertiary/aromatic N) is 1. The van der Waals surface area contributed by atoms with E-state index in [1.165, 1.54) is 12.4 Å². The van der Waals surface area contributed by atoms with Crippen LogP contribution in [0.15, 0.2) is 35.4 Å². The minimum absolute atomic E-state index is 0.0625. The van der Waals surface area contributed by atoms with Crippen LogP contribution in [0.1, 0.15) is 11.1 Å². The Labute approximate surface area is 92.9 Å². The highest BCUT2D eigenvalue weighted by molar-refractivity contribution is 5.34. The average Bonchev–Trinajstić information content (AvgIpc) is 2.20. The monoisotopic (exact) mass is 216 g/mol. The van der Waals surface area contributed by atoms with E-state index in [9.17, 15) is 4.79 Å². The Hall–Kier alpha value is -2.10. The molecule has 0 unspecified atom stereocenters. The van der Waals surface area contributed by atoms with Crippen LogP contribution >= 0.6 is 0 Å². The van der Waals surface area contributed by atoms with Gasteiger partial charge in [0.15, 0.2) is 0 Å². The zero-order chi connectivity index (χ0) is 11.5. The number of aromatic nitrogens is 2. The van der Waals surface area contributed by atoms with Gasteiger partial charge in [-0.1, -0.05) is 6.07 Å². The summed E-state index contributed by atoms with van der Waals surface area (Å²) in [5.41, 5.74) is 1.84. The molecule has 0 aliphatic heterocycles. The summed E-state index contributed by atoms with van der Waals surface area (Å²) in [6, 6.07) is 5.76. The molecule has 0 atom stereocenters. The second-order valence-corrected chi connectivity index (χ2v) is 3.65. The standard InChI is InChI=1S/C12H12N2O2/c1-8-5-9(2)7-10(6-8)16-12-11(15)13-3-4-14-12/h3-7H,1-2H3,(H,13,15). The van der Waals surface area contributed by atoms with Gasteiger partial charge in [-0.2, -0.15) is 0 Å². The zero-order valence-electron chi connectivity index (χ0n) is 9.15. The molecule has 1 aromatic carbocycles. The van der Waals surface area contributed by atoms with Gasteiger partial charge in [0.05, 0.1) is 0 Å². The van der Waals surface area contributed by atoms with Gasteiger partial charge in [-0.15, -0.1) is 0 Å². The molecule has 2 rings (SSSR count). The lowest BCUT2D eigenvalue weighted by molar-refractivity contribution is 0.453. The van der Waals surface area contributed by atoms with Gasteiger partial charge in [-0.05, 0) is 37.1 Å². The summed E-state index contributed by atoms with van der Waals surface area (Å²) in [5.74, 6) is 0.689. The predicted molar refractivity (Wildman–Crippen MR) is 60.8 cm³/mol. The van der Waals surface area contributed by atoms with E-state index in [-0.39, 0.29) is 11.4 Å². The van der Waals surface area contributed by atoms with E-state index >= 15 is 0 Å². The molecule has 1 N–H and O–H groups in total. The van der Waals surface area contributed by atoms with Crippen LogP contribution in [-0.4, -0.2) is 9.97 Å². The first-order chi connectivity index (χ1) is 7.65. The molecule has 0 aliphatic carbocycles. The maximum atomic E-state index is 11.4. The number of aryl methyl sites for hydroxylation is 2. The summed E-state index contributed by atoms with van der Waals surface area (Å²) in [5, 5.41) is 0. The Bertz CT molecular complexity index is 541. The van der Waals surface area contributed by atoms with Gasteiger partial charge in [0.25, 0.3) is 5.88 Å². The minimum Gasteiger partial charge on any atom is -0.435 e. The number of ether oxygens (including phenoxy) is 1. The van der Waals surface area contributed by atoms with E-state index in [1.807, 2.05) is 32.0 Å². The van der Waals surface area contributed by atoms with Crippen molar-refractivity contribution in [1.82, 2.24) is 9.97 Å². The minimum atomic E-state index is -0.332. The molecular weight excluding hydrogens is 204 g/mol. The quantitative estimate of drug-likeness (QED) is 0.837. The Kier molecular flexibility index (Phi) is 2.72. The Morgan fingerprint density at radius 2 is 1.88 bits per heavy atom. The van der Waals surface area contributed by atoms with Gasteiger partial charge in [-0.25, -0.2) is 4.98 Å². The molecule has 0 radical (unpaired) electrons. The summed E-state index contributed by atoms with van der Waals surface area (Å²) in [6.07, 6.45) is 2.95. The average molecular weight is 216 g/mol. The fourth-order valence-corrected chi connectivity index (χ4v) is 1.51. The predicted octanol–water partition coefficient (Wildman–Crippen LogP) is 2.18. The summed E-state index contributed by atoms with van der Waals surface area (Å²) in [6.45, 7) is 3.95. The maximum Gasteiger partial charge on any atom is 0.311 e. The molecule has 4 heteroatoms. The molecule has 0 aliphatic rings. The van der Waals surface area contributed by atoms with Crippen LogP contribution in [0.3, 0.4) is 0 Å². The molecule has 1 heterocycles. The first kappa shape index (κ1) is 10.4. The van der Waals surface area contributed by atoms with Crippen LogP contribution in [0.25, 0.3) is 0 Å². The van der Waals surface area contributed by atoms with Gasteiger partial charge in [0, 0.05) is 12.4 Å². The third-order valence-corrected chi connectivity index (χ3v) is 2.08. The highest BCUT2D eigenvalue weighted by atomic mass is 16.5. The van der Waals surface area contributed by atoms with Gasteiger partial charge in [0.1, 0.15) is 5.75 Å². The first-order valence-electron chi connectivity index (χ1n) is 4.95. The summed E-state index contributed by atoms with van der Waals surface area (Å²) in [7, 11) is 0. The van der Waals surface area contributed by atoms with Gasteiger partial charge in [0.2, 0.25) is 0 Å². The lowest BCUT2D eigenvalue weighted by Crippen LogP contribution is -2.09. The molecule has 0 saturated heterocycles. The summed E-state index contributed by atoms with van der Waals surface area (Å²) >= 11 is 0. The number of benzene rings is 1. The van der Waals surface area contributed by atoms with Crippen LogP contribution in [-0.2, 0) is 0 Å². The van der Waals surface area contributed by atoms with E-state index in [4.69, 9.17) is 4.74 Å². The number of hydrogen-bond donors (Lipinski definition) is 1. The van der Waals surface area contributed by atoms with Crippen molar-refractivity contribution in [3.63, 3.8) is 0 Å². The number of aromatic amines is 1. The SMILES string of the molecule is Cc1cc(C)cc(Oc2ncc[nH]c2=O)c1. The van der Waals surface area contributed by atoms with Crippen LogP contribution in [0, 0.1) is 13.8 Å². The van der Waals surface area contributed by atoms with E-state index in [0.29, 0.717) is 5.75 Å². The molecule has 0 spiro atoms. The highest BCUT2D eigenvalue weighted by Gasteiger charge is 2.03. The van der Waals surface area contributed by atoms with Crippen molar-refractivity contribution in [3.05, 3.63) is 52.1 Å². The molecular formula is C12H12N2O2. The third-order valence-electron chi connectivity index (χ3n) is 2.08. The van der Waals surface area contributed by atoms with E-state index in [2.05, 4.69) is 9.97 Å². The lowest BCUT2D eigenvalue weighted by atomic mass is 10.1. The van der Waals surface area contributed by atoms with Crippen molar-refractivity contribution in [2.75, 3.05) is 0 Å². The Morgan fingerprint density at radius 1 is 1.19 bits per heavy atom. The van der Waals surface area contributed by atoms with Crippen molar-refractivity contribution < 1.29 is 4.74 Å². The van der Waals surface area contributed by atoms with Gasteiger partial charge < -0.3 is 9.72 Å². The topological polar surface area (TPSA) is 55.0 Å². The summed E-state index contributed by atoms with van der Waals surface area (Å²) < 4.78 is 5.42.